The van der Waals surface area contributed by atoms with Crippen LogP contribution in [0.15, 0.2) is 212 Å². The molecule has 0 amide bonds. The average Bonchev–Trinajstić information content (AvgIpc) is 3.87. The van der Waals surface area contributed by atoms with Crippen molar-refractivity contribution in [3.63, 3.8) is 0 Å². The van der Waals surface area contributed by atoms with Gasteiger partial charge in [-0.15, -0.1) is 0 Å². The SMILES string of the molecule is C/C=C\c1ccc(N(c2ccccc2)c2c3c(c(N(c4ccccc4)c4ccc5ccccc5c4)c4cc5c(cc24)-c2c(ccc4ccccc24)C5(C)C)C=C2c4c(ccc5ccccc45)C(C)(C)C2C3)cc1C. The van der Waals surface area contributed by atoms with Gasteiger partial charge < -0.3 is 9.80 Å². The summed E-state index contributed by atoms with van der Waals surface area (Å²) in [6.07, 6.45) is 7.89. The van der Waals surface area contributed by atoms with Crippen LogP contribution in [-0.2, 0) is 17.3 Å². The van der Waals surface area contributed by atoms with Gasteiger partial charge in [-0.05, 0) is 186 Å². The zero-order valence-electron chi connectivity index (χ0n) is 43.0. The number of hydrogen-bond acceptors (Lipinski definition) is 2. The molecule has 0 saturated heterocycles. The predicted octanol–water partition coefficient (Wildman–Crippen LogP) is 19.9. The van der Waals surface area contributed by atoms with Gasteiger partial charge in [0.05, 0.1) is 11.4 Å². The molecule has 0 radical (unpaired) electrons. The average molecular weight is 951 g/mol. The maximum atomic E-state index is 2.66. The van der Waals surface area contributed by atoms with Crippen molar-refractivity contribution < 1.29 is 0 Å². The Balaban J connectivity index is 1.20. The summed E-state index contributed by atoms with van der Waals surface area (Å²) < 4.78 is 0. The Hall–Kier alpha value is -8.46. The summed E-state index contributed by atoms with van der Waals surface area (Å²) in [5, 5.41) is 10.1. The van der Waals surface area contributed by atoms with Crippen molar-refractivity contribution in [2.75, 3.05) is 9.80 Å². The van der Waals surface area contributed by atoms with E-state index in [1.54, 1.807) is 0 Å². The molecule has 3 aliphatic carbocycles. The molecular formula is C72H58N2. The van der Waals surface area contributed by atoms with E-state index in [1.807, 2.05) is 0 Å². The molecular weight excluding hydrogens is 893 g/mol. The molecule has 3 aliphatic rings. The van der Waals surface area contributed by atoms with E-state index < -0.39 is 0 Å². The number of hydrogen-bond donors (Lipinski definition) is 0. The lowest BCUT2D eigenvalue weighted by atomic mass is 9.70. The van der Waals surface area contributed by atoms with Crippen LogP contribution in [-0.4, -0.2) is 0 Å². The van der Waals surface area contributed by atoms with Crippen molar-refractivity contribution in [1.82, 2.24) is 0 Å². The summed E-state index contributed by atoms with van der Waals surface area (Å²) in [6.45, 7) is 14.2. The van der Waals surface area contributed by atoms with E-state index >= 15 is 0 Å². The van der Waals surface area contributed by atoms with E-state index in [1.165, 1.54) is 116 Å². The highest BCUT2D eigenvalue weighted by Crippen LogP contribution is 2.62. The van der Waals surface area contributed by atoms with Crippen molar-refractivity contribution in [2.24, 2.45) is 5.92 Å². The van der Waals surface area contributed by atoms with Gasteiger partial charge in [-0.25, -0.2) is 0 Å². The van der Waals surface area contributed by atoms with Gasteiger partial charge in [0.15, 0.2) is 0 Å². The molecule has 1 atom stereocenters. The zero-order valence-corrected chi connectivity index (χ0v) is 43.0. The summed E-state index contributed by atoms with van der Waals surface area (Å²) in [4.78, 5) is 5.21. The molecule has 14 rings (SSSR count). The molecule has 356 valence electrons. The third kappa shape index (κ3) is 6.50. The van der Waals surface area contributed by atoms with Crippen LogP contribution in [0, 0.1) is 12.8 Å². The molecule has 0 aliphatic heterocycles. The minimum Gasteiger partial charge on any atom is -0.310 e. The van der Waals surface area contributed by atoms with Crippen LogP contribution >= 0.6 is 0 Å². The van der Waals surface area contributed by atoms with Crippen molar-refractivity contribution in [3.05, 3.63) is 257 Å². The highest BCUT2D eigenvalue weighted by atomic mass is 15.2. The molecule has 2 nitrogen and oxygen atoms in total. The number of allylic oxidation sites excluding steroid dienone is 2. The quantitative estimate of drug-likeness (QED) is 0.147. The molecule has 1 unspecified atom stereocenters. The second kappa shape index (κ2) is 16.5. The van der Waals surface area contributed by atoms with Gasteiger partial charge in [0.25, 0.3) is 0 Å². The lowest BCUT2D eigenvalue weighted by molar-refractivity contribution is 0.410. The first kappa shape index (κ1) is 44.3. The predicted molar refractivity (Wildman–Crippen MR) is 317 cm³/mol. The molecule has 0 bridgehead atoms. The molecule has 0 aromatic heterocycles. The summed E-state index contributed by atoms with van der Waals surface area (Å²) in [5.74, 6) is 0.222. The normalized spacial score (nSPS) is 15.8. The fourth-order valence-electron chi connectivity index (χ4n) is 13.6. The molecule has 0 heterocycles. The molecule has 0 saturated carbocycles. The van der Waals surface area contributed by atoms with Gasteiger partial charge in [-0.1, -0.05) is 185 Å². The molecule has 2 heteroatoms. The number of rotatable bonds is 7. The fraction of sp³-hybridized carbons (Fsp3) is 0.139. The Morgan fingerprint density at radius 1 is 0.459 bits per heavy atom. The van der Waals surface area contributed by atoms with Crippen LogP contribution in [0.25, 0.3) is 71.9 Å². The minimum atomic E-state index is -0.271. The number of fused-ring (bicyclic) bond motifs is 13. The zero-order chi connectivity index (χ0) is 50.0. The van der Waals surface area contributed by atoms with E-state index in [9.17, 15) is 0 Å². The smallest absolute Gasteiger partial charge is 0.0616 e. The van der Waals surface area contributed by atoms with E-state index in [0.717, 1.165) is 29.2 Å². The van der Waals surface area contributed by atoms with E-state index in [2.05, 4.69) is 276 Å². The van der Waals surface area contributed by atoms with Crippen LogP contribution in [0.1, 0.15) is 79.1 Å². The minimum absolute atomic E-state index is 0.144. The molecule has 0 fully saturated rings. The number of benzene rings is 11. The van der Waals surface area contributed by atoms with E-state index in [-0.39, 0.29) is 16.7 Å². The van der Waals surface area contributed by atoms with Gasteiger partial charge in [0.1, 0.15) is 0 Å². The Kier molecular flexibility index (Phi) is 9.89. The van der Waals surface area contributed by atoms with Gasteiger partial charge in [0.2, 0.25) is 0 Å². The fourth-order valence-corrected chi connectivity index (χ4v) is 13.6. The van der Waals surface area contributed by atoms with Crippen molar-refractivity contribution in [3.8, 4) is 11.1 Å². The van der Waals surface area contributed by atoms with Crippen molar-refractivity contribution in [1.29, 1.82) is 0 Å². The molecule has 0 N–H and O–H groups in total. The largest absolute Gasteiger partial charge is 0.310 e. The summed E-state index contributed by atoms with van der Waals surface area (Å²) >= 11 is 0. The summed E-state index contributed by atoms with van der Waals surface area (Å²) in [6, 6.07) is 78.0. The molecule has 11 aromatic rings. The monoisotopic (exact) mass is 950 g/mol. The van der Waals surface area contributed by atoms with Crippen LogP contribution in [0.2, 0.25) is 0 Å². The van der Waals surface area contributed by atoms with E-state index in [4.69, 9.17) is 0 Å². The maximum Gasteiger partial charge on any atom is 0.0616 e. The number of nitrogens with zero attached hydrogens (tertiary/aromatic N) is 2. The van der Waals surface area contributed by atoms with Gasteiger partial charge >= 0.3 is 0 Å². The van der Waals surface area contributed by atoms with Gasteiger partial charge in [-0.2, -0.15) is 0 Å². The molecule has 11 aromatic carbocycles. The molecule has 0 spiro atoms. The third-order valence-electron chi connectivity index (χ3n) is 17.3. The maximum absolute atomic E-state index is 2.66. The Morgan fingerprint density at radius 3 is 1.69 bits per heavy atom. The van der Waals surface area contributed by atoms with Gasteiger partial charge in [0, 0.05) is 44.5 Å². The van der Waals surface area contributed by atoms with Crippen LogP contribution in [0.5, 0.6) is 0 Å². The Bertz CT molecular complexity index is 4190. The topological polar surface area (TPSA) is 6.48 Å². The number of aryl methyl sites for hydroxylation is 1. The molecule has 74 heavy (non-hydrogen) atoms. The highest BCUT2D eigenvalue weighted by Gasteiger charge is 2.47. The van der Waals surface area contributed by atoms with E-state index in [0.29, 0.717) is 0 Å². The lowest BCUT2D eigenvalue weighted by Crippen LogP contribution is -2.29. The highest BCUT2D eigenvalue weighted by molar-refractivity contribution is 6.18. The lowest BCUT2D eigenvalue weighted by Gasteiger charge is -2.39. The number of para-hydroxylation sites is 2. The van der Waals surface area contributed by atoms with Crippen LogP contribution < -0.4 is 9.80 Å². The number of anilines is 6. The van der Waals surface area contributed by atoms with Gasteiger partial charge in [-0.3, -0.25) is 0 Å². The second-order valence-electron chi connectivity index (χ2n) is 22.1. The second-order valence-corrected chi connectivity index (χ2v) is 22.1. The first-order valence-electron chi connectivity index (χ1n) is 26.5. The van der Waals surface area contributed by atoms with Crippen LogP contribution in [0.4, 0.5) is 34.1 Å². The Labute approximate surface area is 435 Å². The standard InChI is InChI=1S/C72H58N2/c1-7-20-46-31-35-53(39-45(46)2)73(51-25-10-8-11-26-51)69-57-41-61-66(72(5,6)63-37-33-48-22-16-18-29-55(48)67(61)63)44-60(57)70(74(52-27-12-9-13-28-52)54-36-32-47-21-14-15-24-50(47)40-54)58-42-62-65(43-59(58)69)71(3,4)64-38-34-49-23-17-19-30-56(49)68(62)64/h7-42,44,65H,43H2,1-6H3/b20-7-. The first-order chi connectivity index (χ1) is 36.1. The third-order valence-corrected chi connectivity index (χ3v) is 17.3. The first-order valence-corrected chi connectivity index (χ1v) is 26.5. The van der Waals surface area contributed by atoms with Crippen LogP contribution in [0.3, 0.4) is 0 Å². The Morgan fingerprint density at radius 2 is 1.01 bits per heavy atom. The van der Waals surface area contributed by atoms with Crippen molar-refractivity contribution >= 4 is 94.9 Å². The van der Waals surface area contributed by atoms with Crippen molar-refractivity contribution in [2.45, 2.75) is 58.8 Å². The summed E-state index contributed by atoms with van der Waals surface area (Å²) in [7, 11) is 0. The summed E-state index contributed by atoms with van der Waals surface area (Å²) in [5.41, 5.74) is 21.4.